The van der Waals surface area contributed by atoms with Crippen molar-refractivity contribution in [1.29, 1.82) is 0 Å². The Morgan fingerprint density at radius 3 is 2.08 bits per heavy atom. The summed E-state index contributed by atoms with van der Waals surface area (Å²) in [5, 5.41) is 1.49. The van der Waals surface area contributed by atoms with Gasteiger partial charge in [-0.3, -0.25) is 0 Å². The van der Waals surface area contributed by atoms with Gasteiger partial charge in [0, 0.05) is 4.90 Å². The second kappa shape index (κ2) is 7.32. The molecular formula is C23H32SSi. The topological polar surface area (TPSA) is 0 Å². The predicted molar refractivity (Wildman–Crippen MR) is 116 cm³/mol. The van der Waals surface area contributed by atoms with Crippen molar-refractivity contribution >= 4 is 27.3 Å². The molecule has 0 aliphatic carbocycles. The molecule has 2 heteroatoms. The number of thiol groups is 1. The van der Waals surface area contributed by atoms with Gasteiger partial charge in [0.1, 0.15) is 0 Å². The highest BCUT2D eigenvalue weighted by molar-refractivity contribution is 7.80. The van der Waals surface area contributed by atoms with Crippen LogP contribution in [-0.4, -0.2) is 9.52 Å². The van der Waals surface area contributed by atoms with E-state index in [0.29, 0.717) is 0 Å². The number of hydrogen-bond donors (Lipinski definition) is 1. The Balaban J connectivity index is 2.44. The van der Waals surface area contributed by atoms with Crippen LogP contribution in [0.15, 0.2) is 35.2 Å². The first kappa shape index (κ1) is 20.3. The zero-order valence-corrected chi connectivity index (χ0v) is 18.9. The van der Waals surface area contributed by atoms with Gasteiger partial charge in [-0.25, -0.2) is 0 Å². The fourth-order valence-corrected chi connectivity index (χ4v) is 5.60. The van der Waals surface area contributed by atoms with E-state index in [1.165, 1.54) is 37.9 Å². The van der Waals surface area contributed by atoms with Crippen LogP contribution in [0.5, 0.6) is 0 Å². The second-order valence-corrected chi connectivity index (χ2v) is 10.8. The van der Waals surface area contributed by atoms with Crippen LogP contribution < -0.4 is 5.19 Å². The summed E-state index contributed by atoms with van der Waals surface area (Å²) >= 11 is 4.99. The molecule has 0 aliphatic heterocycles. The van der Waals surface area contributed by atoms with Crippen molar-refractivity contribution in [2.24, 2.45) is 0 Å². The molecule has 0 unspecified atom stereocenters. The maximum atomic E-state index is 4.99. The zero-order chi connectivity index (χ0) is 19.0. The van der Waals surface area contributed by atoms with Crippen LogP contribution in [0.4, 0.5) is 0 Å². The molecule has 134 valence electrons. The van der Waals surface area contributed by atoms with E-state index in [4.69, 9.17) is 12.6 Å². The van der Waals surface area contributed by atoms with Gasteiger partial charge in [0.05, 0.1) is 9.52 Å². The molecule has 25 heavy (non-hydrogen) atoms. The van der Waals surface area contributed by atoms with Crippen molar-refractivity contribution in [1.82, 2.24) is 0 Å². The van der Waals surface area contributed by atoms with E-state index in [1.807, 2.05) is 0 Å². The van der Waals surface area contributed by atoms with Gasteiger partial charge in [-0.1, -0.05) is 77.1 Å². The van der Waals surface area contributed by atoms with E-state index in [0.717, 1.165) is 15.6 Å². The molecule has 0 saturated carbocycles. The summed E-state index contributed by atoms with van der Waals surface area (Å²) in [7, 11) is 0.798. The molecule has 2 radical (unpaired) electrons. The minimum atomic E-state index is 0.0970. The van der Waals surface area contributed by atoms with Gasteiger partial charge < -0.3 is 0 Å². The Morgan fingerprint density at radius 1 is 0.880 bits per heavy atom. The SMILES string of the molecule is Cc1cccc([Si]Cc2ccc(C(C)(C)C)c(S)c2C(C)(C)C)c1C. The molecule has 0 saturated heterocycles. The maximum absolute atomic E-state index is 4.99. The molecule has 0 atom stereocenters. The number of aryl methyl sites for hydroxylation is 1. The average molecular weight is 369 g/mol. The lowest BCUT2D eigenvalue weighted by Crippen LogP contribution is -2.24. The first-order chi connectivity index (χ1) is 11.4. The molecule has 0 aliphatic rings. The fourth-order valence-electron chi connectivity index (χ4n) is 3.36. The zero-order valence-electron chi connectivity index (χ0n) is 17.0. The van der Waals surface area contributed by atoms with E-state index >= 15 is 0 Å². The Morgan fingerprint density at radius 2 is 1.52 bits per heavy atom. The Bertz CT molecular complexity index is 761. The molecule has 0 amide bonds. The lowest BCUT2D eigenvalue weighted by molar-refractivity contribution is 0.543. The van der Waals surface area contributed by atoms with Crippen LogP contribution in [-0.2, 0) is 16.9 Å². The van der Waals surface area contributed by atoms with Gasteiger partial charge in [0.15, 0.2) is 0 Å². The highest BCUT2D eigenvalue weighted by Crippen LogP contribution is 2.38. The third-order valence-corrected chi connectivity index (χ3v) is 6.84. The normalized spacial score (nSPS) is 12.5. The van der Waals surface area contributed by atoms with Crippen molar-refractivity contribution in [2.45, 2.75) is 77.2 Å². The molecule has 0 aromatic heterocycles. The highest BCUT2D eigenvalue weighted by atomic mass is 32.1. The number of hydrogen-bond acceptors (Lipinski definition) is 1. The summed E-state index contributed by atoms with van der Waals surface area (Å²) in [6.07, 6.45) is 0. The van der Waals surface area contributed by atoms with Crippen LogP contribution in [0.2, 0.25) is 0 Å². The summed E-state index contributed by atoms with van der Waals surface area (Å²) in [5.41, 5.74) is 7.25. The number of benzene rings is 2. The summed E-state index contributed by atoms with van der Waals surface area (Å²) in [6, 6.07) is 12.4. The monoisotopic (exact) mass is 368 g/mol. The van der Waals surface area contributed by atoms with Gasteiger partial charge in [-0.15, -0.1) is 12.6 Å². The summed E-state index contributed by atoms with van der Waals surface area (Å²) in [5.74, 6) is 0. The van der Waals surface area contributed by atoms with Gasteiger partial charge in [0.2, 0.25) is 0 Å². The van der Waals surface area contributed by atoms with Crippen LogP contribution in [0.3, 0.4) is 0 Å². The molecule has 2 aromatic rings. The first-order valence-electron chi connectivity index (χ1n) is 9.09. The number of rotatable bonds is 3. The highest BCUT2D eigenvalue weighted by Gasteiger charge is 2.26. The summed E-state index contributed by atoms with van der Waals surface area (Å²) in [4.78, 5) is 1.18. The predicted octanol–water partition coefficient (Wildman–Crippen LogP) is 5.72. The Kier molecular flexibility index (Phi) is 5.95. The van der Waals surface area contributed by atoms with E-state index in [9.17, 15) is 0 Å². The molecule has 0 fully saturated rings. The van der Waals surface area contributed by atoms with Gasteiger partial charge in [-0.2, -0.15) is 0 Å². The van der Waals surface area contributed by atoms with Crippen molar-refractivity contribution in [3.63, 3.8) is 0 Å². The quantitative estimate of drug-likeness (QED) is 0.520. The van der Waals surface area contributed by atoms with E-state index in [1.54, 1.807) is 0 Å². The molecular weight excluding hydrogens is 336 g/mol. The van der Waals surface area contributed by atoms with Crippen LogP contribution in [0.25, 0.3) is 0 Å². The summed E-state index contributed by atoms with van der Waals surface area (Å²) in [6.45, 7) is 18.2. The maximum Gasteiger partial charge on any atom is 0.0859 e. The molecule has 0 bridgehead atoms. The van der Waals surface area contributed by atoms with E-state index in [2.05, 4.69) is 85.7 Å². The molecule has 0 heterocycles. The van der Waals surface area contributed by atoms with Gasteiger partial charge in [0.25, 0.3) is 0 Å². The Labute approximate surface area is 162 Å². The van der Waals surface area contributed by atoms with Gasteiger partial charge in [-0.05, 0) is 58.5 Å². The van der Waals surface area contributed by atoms with Crippen LogP contribution in [0.1, 0.15) is 69.4 Å². The fraction of sp³-hybridized carbons (Fsp3) is 0.478. The molecule has 2 aromatic carbocycles. The van der Waals surface area contributed by atoms with Crippen molar-refractivity contribution in [2.75, 3.05) is 0 Å². The van der Waals surface area contributed by atoms with Gasteiger partial charge >= 0.3 is 0 Å². The summed E-state index contributed by atoms with van der Waals surface area (Å²) < 4.78 is 0. The molecule has 2 rings (SSSR count). The third kappa shape index (κ3) is 4.59. The molecule has 0 spiro atoms. The van der Waals surface area contributed by atoms with E-state index < -0.39 is 0 Å². The lowest BCUT2D eigenvalue weighted by atomic mass is 9.78. The van der Waals surface area contributed by atoms with E-state index in [-0.39, 0.29) is 10.8 Å². The smallest absolute Gasteiger partial charge is 0.0859 e. The minimum Gasteiger partial charge on any atom is -0.143 e. The standard InChI is InChI=1S/C23H32SSi/c1-15-10-9-11-19(16(15)2)25-14-17-12-13-18(22(3,4)5)21(24)20(17)23(6,7)8/h9-13,24H,14H2,1-8H3. The van der Waals surface area contributed by atoms with Crippen molar-refractivity contribution in [3.05, 3.63) is 58.1 Å². The first-order valence-corrected chi connectivity index (χ1v) is 10.7. The van der Waals surface area contributed by atoms with Crippen LogP contribution in [0, 0.1) is 13.8 Å². The molecule has 0 N–H and O–H groups in total. The minimum absolute atomic E-state index is 0.0970. The van der Waals surface area contributed by atoms with Crippen LogP contribution >= 0.6 is 12.6 Å². The van der Waals surface area contributed by atoms with Crippen molar-refractivity contribution in [3.8, 4) is 0 Å². The van der Waals surface area contributed by atoms with Crippen molar-refractivity contribution < 1.29 is 0 Å². The third-order valence-electron chi connectivity index (χ3n) is 4.90. The largest absolute Gasteiger partial charge is 0.143 e. The Hall–Kier alpha value is -0.993. The second-order valence-electron chi connectivity index (χ2n) is 9.10. The average Bonchev–Trinajstić information content (AvgIpc) is 2.46. The molecule has 0 nitrogen and oxygen atoms in total. The lowest BCUT2D eigenvalue weighted by Gasteiger charge is -2.30.